The molecule has 3 rings (SSSR count). The molecule has 45 heavy (non-hydrogen) atoms. The van der Waals surface area contributed by atoms with Gasteiger partial charge in [-0.1, -0.05) is 103 Å². The first-order valence-electron chi connectivity index (χ1n) is 17.2. The second-order valence-corrected chi connectivity index (χ2v) is 12.3. The average molecular weight is 621 g/mol. The summed E-state index contributed by atoms with van der Waals surface area (Å²) in [5.74, 6) is 2.51. The first-order chi connectivity index (χ1) is 21.9. The van der Waals surface area contributed by atoms with Crippen molar-refractivity contribution in [1.82, 2.24) is 4.98 Å². The highest BCUT2D eigenvalue weighted by Gasteiger charge is 2.19. The summed E-state index contributed by atoms with van der Waals surface area (Å²) in [6, 6.07) is 9.33. The third-order valence-corrected chi connectivity index (χ3v) is 8.68. The number of anilines is 1. The number of hydrogen-bond donors (Lipinski definition) is 1. The van der Waals surface area contributed by atoms with Crippen LogP contribution < -0.4 is 19.1 Å². The Balaban J connectivity index is 1.45. The predicted molar refractivity (Wildman–Crippen MR) is 186 cm³/mol. The van der Waals surface area contributed by atoms with Crippen molar-refractivity contribution >= 4 is 22.7 Å². The van der Waals surface area contributed by atoms with Crippen molar-refractivity contribution in [1.29, 1.82) is 0 Å². The zero-order chi connectivity index (χ0) is 32.4. The minimum Gasteiger partial charge on any atom is -0.493 e. The van der Waals surface area contributed by atoms with Crippen LogP contribution in [-0.4, -0.2) is 36.9 Å². The minimum absolute atomic E-state index is 0.491. The first-order valence-corrected chi connectivity index (χ1v) is 17.2. The molecular formula is C38H56N2O5. The standard InChI is InChI=1S/C38H56N2O5/c1-6-7-8-9-10-11-12-13-14-15-16-17-18-19-20-21-24-40(38(41)42)33-25-30(3)35(26-29(33)2)45-34-22-23-39-32-28-37(44-5)36(43-4)27-31(32)34/h22-23,25-28H,6-21,24H2,1-5H3,(H,41,42). The summed E-state index contributed by atoms with van der Waals surface area (Å²) in [4.78, 5) is 18.2. The third-order valence-electron chi connectivity index (χ3n) is 8.68. The number of ether oxygens (including phenoxy) is 3. The molecule has 0 aliphatic carbocycles. The van der Waals surface area contributed by atoms with Crippen LogP contribution >= 0.6 is 0 Å². The molecule has 0 unspecified atom stereocenters. The summed E-state index contributed by atoms with van der Waals surface area (Å²) in [5.41, 5.74) is 3.15. The lowest BCUT2D eigenvalue weighted by molar-refractivity contribution is 0.201. The molecule has 0 saturated carbocycles. The van der Waals surface area contributed by atoms with Gasteiger partial charge in [0, 0.05) is 24.2 Å². The summed E-state index contributed by atoms with van der Waals surface area (Å²) in [6.45, 7) is 6.64. The van der Waals surface area contributed by atoms with E-state index in [1.807, 2.05) is 44.2 Å². The molecule has 0 bridgehead atoms. The summed E-state index contributed by atoms with van der Waals surface area (Å²) in [6.07, 6.45) is 21.5. The van der Waals surface area contributed by atoms with Gasteiger partial charge in [-0.15, -0.1) is 0 Å². The number of carbonyl (C=O) groups is 1. The number of unbranched alkanes of at least 4 members (excludes halogenated alkanes) is 15. The molecule has 1 heterocycles. The maximum absolute atomic E-state index is 12.3. The Bertz CT molecular complexity index is 1330. The molecule has 0 saturated heterocycles. The minimum atomic E-state index is -0.923. The van der Waals surface area contributed by atoms with E-state index in [-0.39, 0.29) is 0 Å². The molecule has 1 aromatic heterocycles. The lowest BCUT2D eigenvalue weighted by Crippen LogP contribution is -2.31. The van der Waals surface area contributed by atoms with Gasteiger partial charge in [-0.25, -0.2) is 4.79 Å². The number of methoxy groups -OCH3 is 2. The van der Waals surface area contributed by atoms with Crippen LogP contribution in [0.15, 0.2) is 36.5 Å². The molecule has 0 aliphatic rings. The largest absolute Gasteiger partial charge is 0.493 e. The highest BCUT2D eigenvalue weighted by Crippen LogP contribution is 2.38. The van der Waals surface area contributed by atoms with Crippen molar-refractivity contribution < 1.29 is 24.1 Å². The summed E-state index contributed by atoms with van der Waals surface area (Å²) in [5, 5.41) is 10.8. The van der Waals surface area contributed by atoms with Gasteiger partial charge in [0.25, 0.3) is 0 Å². The number of nitrogens with zero attached hydrogens (tertiary/aromatic N) is 2. The van der Waals surface area contributed by atoms with Gasteiger partial charge in [0.1, 0.15) is 11.5 Å². The van der Waals surface area contributed by atoms with Crippen molar-refractivity contribution in [3.8, 4) is 23.0 Å². The van der Waals surface area contributed by atoms with E-state index < -0.39 is 6.09 Å². The van der Waals surface area contributed by atoms with E-state index >= 15 is 0 Å². The number of aromatic nitrogens is 1. The number of rotatable bonds is 22. The average Bonchev–Trinajstić information content (AvgIpc) is 3.03. The van der Waals surface area contributed by atoms with Crippen LogP contribution in [0.4, 0.5) is 10.5 Å². The fourth-order valence-electron chi connectivity index (χ4n) is 5.97. The normalized spacial score (nSPS) is 11.1. The lowest BCUT2D eigenvalue weighted by atomic mass is 10.0. The lowest BCUT2D eigenvalue weighted by Gasteiger charge is -2.23. The van der Waals surface area contributed by atoms with E-state index in [1.165, 1.54) is 88.4 Å². The molecule has 1 N–H and O–H groups in total. The molecule has 7 heteroatoms. The Labute approximate surface area is 271 Å². The Hall–Kier alpha value is -3.48. The second kappa shape index (κ2) is 19.8. The molecule has 0 spiro atoms. The van der Waals surface area contributed by atoms with Crippen LogP contribution in [0.2, 0.25) is 0 Å². The van der Waals surface area contributed by atoms with Crippen molar-refractivity contribution in [2.45, 2.75) is 124 Å². The SMILES string of the molecule is CCCCCCCCCCCCCCCCCCN(C(=O)O)c1cc(C)c(Oc2ccnc3cc(OC)c(OC)cc23)cc1C. The van der Waals surface area contributed by atoms with Gasteiger partial charge in [0.2, 0.25) is 0 Å². The van der Waals surface area contributed by atoms with Crippen molar-refractivity contribution in [2.24, 2.45) is 0 Å². The van der Waals surface area contributed by atoms with Crippen molar-refractivity contribution in [3.05, 3.63) is 47.7 Å². The molecule has 3 aromatic rings. The maximum atomic E-state index is 12.3. The number of carboxylic acid groups (broad SMARTS) is 1. The Morgan fingerprint density at radius 1 is 0.689 bits per heavy atom. The fourth-order valence-corrected chi connectivity index (χ4v) is 5.97. The van der Waals surface area contributed by atoms with Gasteiger partial charge in [-0.05, 0) is 55.7 Å². The van der Waals surface area contributed by atoms with Crippen LogP contribution in [-0.2, 0) is 0 Å². The Morgan fingerprint density at radius 2 is 1.22 bits per heavy atom. The maximum Gasteiger partial charge on any atom is 0.411 e. The third kappa shape index (κ3) is 11.4. The zero-order valence-electron chi connectivity index (χ0n) is 28.5. The fraction of sp³-hybridized carbons (Fsp3) is 0.579. The van der Waals surface area contributed by atoms with E-state index in [0.29, 0.717) is 35.2 Å². The van der Waals surface area contributed by atoms with Crippen LogP contribution in [0, 0.1) is 13.8 Å². The van der Waals surface area contributed by atoms with Gasteiger partial charge in [0.05, 0.1) is 25.4 Å². The van der Waals surface area contributed by atoms with Crippen LogP contribution in [0.1, 0.15) is 121 Å². The van der Waals surface area contributed by atoms with E-state index in [1.54, 1.807) is 20.4 Å². The molecule has 248 valence electrons. The number of pyridine rings is 1. The monoisotopic (exact) mass is 620 g/mol. The summed E-state index contributed by atoms with van der Waals surface area (Å²) in [7, 11) is 3.19. The smallest absolute Gasteiger partial charge is 0.411 e. The number of benzene rings is 2. The number of amides is 1. The second-order valence-electron chi connectivity index (χ2n) is 12.3. The van der Waals surface area contributed by atoms with E-state index in [4.69, 9.17) is 14.2 Å². The molecule has 1 amide bonds. The Kier molecular flexibility index (Phi) is 15.8. The first kappa shape index (κ1) is 36.0. The van der Waals surface area contributed by atoms with Gasteiger partial charge in [0.15, 0.2) is 11.5 Å². The summed E-state index contributed by atoms with van der Waals surface area (Å²) >= 11 is 0. The molecule has 0 radical (unpaired) electrons. The van der Waals surface area contributed by atoms with Gasteiger partial charge >= 0.3 is 6.09 Å². The quantitative estimate of drug-likeness (QED) is 0.113. The molecule has 0 atom stereocenters. The van der Waals surface area contributed by atoms with Crippen molar-refractivity contribution in [3.63, 3.8) is 0 Å². The predicted octanol–water partition coefficient (Wildman–Crippen LogP) is 11.4. The number of fused-ring (bicyclic) bond motifs is 1. The zero-order valence-corrected chi connectivity index (χ0v) is 28.5. The van der Waals surface area contributed by atoms with E-state index in [9.17, 15) is 9.90 Å². The van der Waals surface area contributed by atoms with Crippen LogP contribution in [0.5, 0.6) is 23.0 Å². The van der Waals surface area contributed by atoms with Gasteiger partial charge < -0.3 is 19.3 Å². The van der Waals surface area contributed by atoms with E-state index in [0.717, 1.165) is 41.3 Å². The molecule has 0 aliphatic heterocycles. The molecule has 2 aromatic carbocycles. The molecule has 0 fully saturated rings. The summed E-state index contributed by atoms with van der Waals surface area (Å²) < 4.78 is 17.3. The van der Waals surface area contributed by atoms with Gasteiger partial charge in [-0.3, -0.25) is 9.88 Å². The highest BCUT2D eigenvalue weighted by atomic mass is 16.5. The van der Waals surface area contributed by atoms with Crippen LogP contribution in [0.25, 0.3) is 10.9 Å². The van der Waals surface area contributed by atoms with Crippen molar-refractivity contribution in [2.75, 3.05) is 25.7 Å². The molecule has 7 nitrogen and oxygen atoms in total. The van der Waals surface area contributed by atoms with Gasteiger partial charge in [-0.2, -0.15) is 0 Å². The highest BCUT2D eigenvalue weighted by molar-refractivity contribution is 5.89. The Morgan fingerprint density at radius 3 is 1.76 bits per heavy atom. The topological polar surface area (TPSA) is 81.1 Å². The van der Waals surface area contributed by atoms with Crippen LogP contribution in [0.3, 0.4) is 0 Å². The number of hydrogen-bond acceptors (Lipinski definition) is 5. The van der Waals surface area contributed by atoms with E-state index in [2.05, 4.69) is 11.9 Å². The number of aryl methyl sites for hydroxylation is 2. The molecular weight excluding hydrogens is 564 g/mol.